The van der Waals surface area contributed by atoms with E-state index in [9.17, 15) is 8.42 Å². The lowest BCUT2D eigenvalue weighted by Gasteiger charge is -2.00. The molecule has 18 heavy (non-hydrogen) atoms. The van der Waals surface area contributed by atoms with Gasteiger partial charge in [0.25, 0.3) is 0 Å². The number of primary sulfonamides is 1. The van der Waals surface area contributed by atoms with Gasteiger partial charge in [0.05, 0.1) is 12.3 Å². The molecule has 1 aliphatic carbocycles. The highest BCUT2D eigenvalue weighted by molar-refractivity contribution is 7.89. The summed E-state index contributed by atoms with van der Waals surface area (Å²) in [4.78, 5) is 0. The summed E-state index contributed by atoms with van der Waals surface area (Å²) in [6.07, 6.45) is 2.80. The lowest BCUT2D eigenvalue weighted by Crippen LogP contribution is -2.18. The number of hydrogen-bond acceptors (Lipinski definition) is 7. The SMILES string of the molecule is NS(=O)(=O)CCCNc1nnc(CNC2CC2)o1. The molecule has 8 nitrogen and oxygen atoms in total. The minimum absolute atomic E-state index is 0.0652. The second kappa shape index (κ2) is 5.63. The zero-order chi connectivity index (χ0) is 13.0. The number of aromatic nitrogens is 2. The van der Waals surface area contributed by atoms with Gasteiger partial charge in [-0.2, -0.15) is 0 Å². The summed E-state index contributed by atoms with van der Waals surface area (Å²) in [5, 5.41) is 18.6. The van der Waals surface area contributed by atoms with Gasteiger partial charge in [0, 0.05) is 12.6 Å². The zero-order valence-corrected chi connectivity index (χ0v) is 10.7. The summed E-state index contributed by atoms with van der Waals surface area (Å²) in [6.45, 7) is 0.991. The molecule has 0 aromatic carbocycles. The van der Waals surface area contributed by atoms with Crippen LogP contribution >= 0.6 is 0 Å². The van der Waals surface area contributed by atoms with E-state index < -0.39 is 10.0 Å². The van der Waals surface area contributed by atoms with Crippen molar-refractivity contribution in [2.75, 3.05) is 17.6 Å². The van der Waals surface area contributed by atoms with Crippen LogP contribution in [0.25, 0.3) is 0 Å². The van der Waals surface area contributed by atoms with E-state index in [0.29, 0.717) is 37.5 Å². The molecule has 1 fully saturated rings. The van der Waals surface area contributed by atoms with Crippen molar-refractivity contribution in [2.24, 2.45) is 5.14 Å². The number of rotatable bonds is 8. The van der Waals surface area contributed by atoms with Gasteiger partial charge >= 0.3 is 6.01 Å². The summed E-state index contributed by atoms with van der Waals surface area (Å²) in [5.41, 5.74) is 0. The number of nitrogens with one attached hydrogen (secondary N) is 2. The molecule has 0 atom stereocenters. The van der Waals surface area contributed by atoms with E-state index in [1.165, 1.54) is 12.8 Å². The van der Waals surface area contributed by atoms with Crippen LogP contribution in [0.1, 0.15) is 25.2 Å². The number of anilines is 1. The second-order valence-corrected chi connectivity index (χ2v) is 6.04. The van der Waals surface area contributed by atoms with Crippen LogP contribution in [0, 0.1) is 0 Å². The molecule has 2 rings (SSSR count). The Hall–Kier alpha value is -1.19. The van der Waals surface area contributed by atoms with Crippen molar-refractivity contribution >= 4 is 16.0 Å². The smallest absolute Gasteiger partial charge is 0.315 e. The van der Waals surface area contributed by atoms with Crippen molar-refractivity contribution in [1.29, 1.82) is 0 Å². The Morgan fingerprint density at radius 1 is 1.39 bits per heavy atom. The largest absolute Gasteiger partial charge is 0.407 e. The quantitative estimate of drug-likeness (QED) is 0.542. The van der Waals surface area contributed by atoms with Crippen LogP contribution in [0.5, 0.6) is 0 Å². The fraction of sp³-hybridized carbons (Fsp3) is 0.778. The van der Waals surface area contributed by atoms with E-state index >= 15 is 0 Å². The first-order valence-corrected chi connectivity index (χ1v) is 7.54. The van der Waals surface area contributed by atoms with Gasteiger partial charge in [-0.1, -0.05) is 5.10 Å². The number of nitrogens with two attached hydrogens (primary N) is 1. The number of hydrogen-bond donors (Lipinski definition) is 3. The Balaban J connectivity index is 1.66. The maximum absolute atomic E-state index is 10.7. The first-order chi connectivity index (χ1) is 8.53. The molecule has 0 saturated heterocycles. The van der Waals surface area contributed by atoms with Gasteiger partial charge in [-0.15, -0.1) is 5.10 Å². The molecular weight excluding hydrogens is 258 g/mol. The van der Waals surface area contributed by atoms with Gasteiger partial charge in [0.15, 0.2) is 0 Å². The molecule has 0 radical (unpaired) electrons. The Kier molecular flexibility index (Phi) is 4.15. The average molecular weight is 275 g/mol. The second-order valence-electron chi connectivity index (χ2n) is 4.30. The van der Waals surface area contributed by atoms with Gasteiger partial charge < -0.3 is 15.1 Å². The monoisotopic (exact) mass is 275 g/mol. The Bertz CT molecular complexity index is 482. The van der Waals surface area contributed by atoms with Crippen molar-refractivity contribution in [3.05, 3.63) is 5.89 Å². The van der Waals surface area contributed by atoms with Crippen molar-refractivity contribution in [3.8, 4) is 0 Å². The third kappa shape index (κ3) is 4.98. The molecule has 0 unspecified atom stereocenters. The van der Waals surface area contributed by atoms with Crippen LogP contribution in [0.4, 0.5) is 6.01 Å². The molecule has 4 N–H and O–H groups in total. The van der Waals surface area contributed by atoms with Gasteiger partial charge in [-0.05, 0) is 19.3 Å². The molecule has 9 heteroatoms. The van der Waals surface area contributed by atoms with E-state index in [-0.39, 0.29) is 5.75 Å². The molecule has 0 amide bonds. The van der Waals surface area contributed by atoms with Crippen molar-refractivity contribution in [3.63, 3.8) is 0 Å². The molecule has 102 valence electrons. The van der Waals surface area contributed by atoms with Crippen LogP contribution in [-0.4, -0.2) is 37.0 Å². The van der Waals surface area contributed by atoms with Crippen LogP contribution in [0.3, 0.4) is 0 Å². The average Bonchev–Trinajstić information content (AvgIpc) is 3.00. The maximum atomic E-state index is 10.7. The molecule has 1 aromatic rings. The first-order valence-electron chi connectivity index (χ1n) is 5.83. The topological polar surface area (TPSA) is 123 Å². The molecule has 0 spiro atoms. The number of sulfonamides is 1. The summed E-state index contributed by atoms with van der Waals surface area (Å²) < 4.78 is 26.7. The first kappa shape index (κ1) is 13.2. The molecule has 1 saturated carbocycles. The highest BCUT2D eigenvalue weighted by atomic mass is 32.2. The fourth-order valence-corrected chi connectivity index (χ4v) is 1.93. The van der Waals surface area contributed by atoms with E-state index in [2.05, 4.69) is 20.8 Å². The summed E-state index contributed by atoms with van der Waals surface area (Å²) in [6, 6.07) is 0.889. The molecule has 1 aromatic heterocycles. The summed E-state index contributed by atoms with van der Waals surface area (Å²) in [7, 11) is -3.40. The summed E-state index contributed by atoms with van der Waals surface area (Å²) in [5.74, 6) is 0.459. The van der Waals surface area contributed by atoms with Gasteiger partial charge in [0.1, 0.15) is 0 Å². The van der Waals surface area contributed by atoms with E-state index in [1.807, 2.05) is 0 Å². The molecule has 1 heterocycles. The van der Waals surface area contributed by atoms with Crippen LogP contribution in [0.15, 0.2) is 4.42 Å². The third-order valence-electron chi connectivity index (χ3n) is 2.47. The minimum atomic E-state index is -3.40. The highest BCUT2D eigenvalue weighted by Crippen LogP contribution is 2.19. The highest BCUT2D eigenvalue weighted by Gasteiger charge is 2.21. The zero-order valence-electron chi connectivity index (χ0n) is 9.92. The molecular formula is C9H17N5O3S. The molecule has 0 bridgehead atoms. The predicted octanol–water partition coefficient (Wildman–Crippen LogP) is -0.588. The Labute approximate surface area is 105 Å². The lowest BCUT2D eigenvalue weighted by molar-refractivity contribution is 0.475. The van der Waals surface area contributed by atoms with Gasteiger partial charge in [-0.3, -0.25) is 0 Å². The van der Waals surface area contributed by atoms with Crippen LogP contribution in [0.2, 0.25) is 0 Å². The Morgan fingerprint density at radius 2 is 2.17 bits per heavy atom. The fourth-order valence-electron chi connectivity index (χ4n) is 1.38. The van der Waals surface area contributed by atoms with E-state index in [0.717, 1.165) is 0 Å². The third-order valence-corrected chi connectivity index (χ3v) is 3.33. The van der Waals surface area contributed by atoms with Crippen molar-refractivity contribution in [2.45, 2.75) is 31.8 Å². The van der Waals surface area contributed by atoms with Crippen LogP contribution in [-0.2, 0) is 16.6 Å². The number of nitrogens with zero attached hydrogens (tertiary/aromatic N) is 2. The van der Waals surface area contributed by atoms with Crippen molar-refractivity contribution in [1.82, 2.24) is 15.5 Å². The van der Waals surface area contributed by atoms with E-state index in [4.69, 9.17) is 9.56 Å². The van der Waals surface area contributed by atoms with Gasteiger partial charge in [0.2, 0.25) is 15.9 Å². The van der Waals surface area contributed by atoms with Crippen molar-refractivity contribution < 1.29 is 12.8 Å². The molecule has 1 aliphatic rings. The maximum Gasteiger partial charge on any atom is 0.315 e. The van der Waals surface area contributed by atoms with E-state index in [1.54, 1.807) is 0 Å². The van der Waals surface area contributed by atoms with Gasteiger partial charge in [-0.25, -0.2) is 13.6 Å². The normalized spacial score (nSPS) is 15.8. The van der Waals surface area contributed by atoms with Crippen LogP contribution < -0.4 is 15.8 Å². The predicted molar refractivity (Wildman–Crippen MR) is 65.2 cm³/mol. The summed E-state index contributed by atoms with van der Waals surface area (Å²) >= 11 is 0. The Morgan fingerprint density at radius 3 is 2.83 bits per heavy atom. The lowest BCUT2D eigenvalue weighted by atomic mass is 10.5. The molecule has 0 aliphatic heterocycles. The standard InChI is InChI=1S/C9H17N5O3S/c10-18(15,16)5-1-4-11-9-14-13-8(17-9)6-12-7-2-3-7/h7,12H,1-6H2,(H,11,14)(H2,10,15,16). The minimum Gasteiger partial charge on any atom is -0.407 e.